The highest BCUT2D eigenvalue weighted by Crippen LogP contribution is 2.27. The molecule has 2 N–H and O–H groups in total. The number of hydrogen-bond acceptors (Lipinski definition) is 6. The number of nitrogens with two attached hydrogens (primary N) is 1. The van der Waals surface area contributed by atoms with Gasteiger partial charge in [-0.1, -0.05) is 47.1 Å². The van der Waals surface area contributed by atoms with Crippen molar-refractivity contribution in [2.45, 2.75) is 19.0 Å². The molecule has 0 aliphatic carbocycles. The van der Waals surface area contributed by atoms with Crippen LogP contribution in [0, 0.1) is 0 Å². The van der Waals surface area contributed by atoms with E-state index < -0.39 is 0 Å². The highest BCUT2D eigenvalue weighted by atomic mass is 35.5. The Morgan fingerprint density at radius 3 is 2.70 bits per heavy atom. The molecule has 1 unspecified atom stereocenters. The molecule has 27 heavy (non-hydrogen) atoms. The van der Waals surface area contributed by atoms with E-state index in [4.69, 9.17) is 17.3 Å². The van der Waals surface area contributed by atoms with Crippen molar-refractivity contribution in [3.8, 4) is 16.9 Å². The number of benzene rings is 2. The van der Waals surface area contributed by atoms with Crippen LogP contribution in [0.25, 0.3) is 16.9 Å². The van der Waals surface area contributed by atoms with Crippen LogP contribution >= 0.6 is 11.6 Å². The molecular weight excluding hydrogens is 364 g/mol. The highest BCUT2D eigenvalue weighted by Gasteiger charge is 2.14. The van der Waals surface area contributed by atoms with Crippen LogP contribution in [0.1, 0.15) is 5.56 Å². The van der Waals surface area contributed by atoms with E-state index in [0.29, 0.717) is 17.3 Å². The minimum atomic E-state index is -0.0692. The first-order chi connectivity index (χ1) is 13.2. The first-order valence-corrected chi connectivity index (χ1v) is 8.80. The van der Waals surface area contributed by atoms with Crippen LogP contribution in [-0.4, -0.2) is 41.2 Å². The summed E-state index contributed by atoms with van der Waals surface area (Å²) in [6, 6.07) is 15.5. The fraction of sp³-hybridized carbons (Fsp3) is 0.167. The quantitative estimate of drug-likeness (QED) is 0.550. The van der Waals surface area contributed by atoms with E-state index in [1.165, 1.54) is 11.9 Å². The molecule has 0 saturated heterocycles. The van der Waals surface area contributed by atoms with Crippen molar-refractivity contribution in [3.05, 3.63) is 71.6 Å². The monoisotopic (exact) mass is 380 g/mol. The molecule has 2 aromatic heterocycles. The molecule has 2 heterocycles. The van der Waals surface area contributed by atoms with Crippen molar-refractivity contribution in [2.24, 2.45) is 5.73 Å². The minimum Gasteiger partial charge on any atom is -0.326 e. The van der Waals surface area contributed by atoms with Crippen LogP contribution < -0.4 is 5.73 Å². The fourth-order valence-corrected chi connectivity index (χ4v) is 3.09. The Bertz CT molecular complexity index is 1010. The molecule has 136 valence electrons. The van der Waals surface area contributed by atoms with E-state index in [9.17, 15) is 0 Å². The lowest BCUT2D eigenvalue weighted by molar-refractivity contribution is 0.496. The lowest BCUT2D eigenvalue weighted by Gasteiger charge is -2.11. The van der Waals surface area contributed by atoms with Gasteiger partial charge in [-0.05, 0) is 40.6 Å². The molecule has 4 aromatic rings. The van der Waals surface area contributed by atoms with Gasteiger partial charge >= 0.3 is 0 Å². The summed E-state index contributed by atoms with van der Waals surface area (Å²) in [5, 5.41) is 20.4. The van der Waals surface area contributed by atoms with E-state index in [-0.39, 0.29) is 6.04 Å². The van der Waals surface area contributed by atoms with Gasteiger partial charge < -0.3 is 5.73 Å². The third-order valence-electron chi connectivity index (χ3n) is 4.13. The Morgan fingerprint density at radius 1 is 1.07 bits per heavy atom. The number of rotatable bonds is 6. The van der Waals surface area contributed by atoms with Gasteiger partial charge in [-0.2, -0.15) is 4.68 Å². The zero-order valence-corrected chi connectivity index (χ0v) is 15.1. The van der Waals surface area contributed by atoms with Crippen LogP contribution in [-0.2, 0) is 13.0 Å². The minimum absolute atomic E-state index is 0.0692. The fourth-order valence-electron chi connectivity index (χ4n) is 2.92. The van der Waals surface area contributed by atoms with Gasteiger partial charge in [0.05, 0.1) is 18.4 Å². The van der Waals surface area contributed by atoms with Crippen molar-refractivity contribution in [2.75, 3.05) is 0 Å². The predicted octanol–water partition coefficient (Wildman–Crippen LogP) is 2.14. The van der Waals surface area contributed by atoms with Crippen molar-refractivity contribution in [1.82, 2.24) is 35.2 Å². The SMILES string of the molecule is NC(Cc1ccccc1)Cn1cc(-c2cc(Cl)ccc2-n2cnnn2)nn1. The smallest absolute Gasteiger partial charge is 0.143 e. The molecule has 4 rings (SSSR count). The Kier molecular flexibility index (Phi) is 4.91. The molecule has 0 aliphatic heterocycles. The number of hydrogen-bond donors (Lipinski definition) is 1. The van der Waals surface area contributed by atoms with E-state index >= 15 is 0 Å². The molecule has 8 nitrogen and oxygen atoms in total. The number of nitrogens with zero attached hydrogens (tertiary/aromatic N) is 7. The molecule has 0 radical (unpaired) electrons. The molecule has 2 aromatic carbocycles. The van der Waals surface area contributed by atoms with E-state index in [1.807, 2.05) is 36.5 Å². The average molecular weight is 381 g/mol. The number of tetrazole rings is 1. The second-order valence-corrected chi connectivity index (χ2v) is 6.63. The number of aromatic nitrogens is 7. The van der Waals surface area contributed by atoms with E-state index in [2.05, 4.69) is 38.0 Å². The van der Waals surface area contributed by atoms with Crippen LogP contribution in [0.5, 0.6) is 0 Å². The summed E-state index contributed by atoms with van der Waals surface area (Å²) >= 11 is 6.17. The van der Waals surface area contributed by atoms with Gasteiger partial charge in [-0.15, -0.1) is 10.2 Å². The summed E-state index contributed by atoms with van der Waals surface area (Å²) < 4.78 is 3.30. The first-order valence-electron chi connectivity index (χ1n) is 8.42. The van der Waals surface area contributed by atoms with Gasteiger partial charge in [0.25, 0.3) is 0 Å². The topological polar surface area (TPSA) is 100 Å². The van der Waals surface area contributed by atoms with Gasteiger partial charge in [0.2, 0.25) is 0 Å². The van der Waals surface area contributed by atoms with Crippen molar-refractivity contribution in [1.29, 1.82) is 0 Å². The molecule has 0 fully saturated rings. The van der Waals surface area contributed by atoms with Gasteiger partial charge in [-0.3, -0.25) is 4.68 Å². The van der Waals surface area contributed by atoms with Crippen LogP contribution in [0.15, 0.2) is 61.1 Å². The standard InChI is InChI=1S/C18H17ClN8/c19-14-6-7-18(27-12-21-23-25-27)16(9-14)17-11-26(24-22-17)10-15(20)8-13-4-2-1-3-5-13/h1-7,9,11-12,15H,8,10,20H2. The Balaban J connectivity index is 1.55. The molecular formula is C18H17ClN8. The summed E-state index contributed by atoms with van der Waals surface area (Å²) in [7, 11) is 0. The maximum Gasteiger partial charge on any atom is 0.143 e. The maximum atomic E-state index is 6.28. The Labute approximate surface area is 160 Å². The predicted molar refractivity (Wildman–Crippen MR) is 101 cm³/mol. The second-order valence-electron chi connectivity index (χ2n) is 6.19. The van der Waals surface area contributed by atoms with Gasteiger partial charge in [0.1, 0.15) is 12.0 Å². The van der Waals surface area contributed by atoms with E-state index in [0.717, 1.165) is 17.7 Å². The van der Waals surface area contributed by atoms with Crippen LogP contribution in [0.3, 0.4) is 0 Å². The summed E-state index contributed by atoms with van der Waals surface area (Å²) in [6.07, 6.45) is 4.14. The van der Waals surface area contributed by atoms with Gasteiger partial charge in [0.15, 0.2) is 0 Å². The Morgan fingerprint density at radius 2 is 1.93 bits per heavy atom. The summed E-state index contributed by atoms with van der Waals surface area (Å²) in [5.74, 6) is 0. The third kappa shape index (κ3) is 4.02. The maximum absolute atomic E-state index is 6.28. The highest BCUT2D eigenvalue weighted by molar-refractivity contribution is 6.31. The number of halogens is 1. The van der Waals surface area contributed by atoms with Gasteiger partial charge in [0, 0.05) is 16.6 Å². The third-order valence-corrected chi connectivity index (χ3v) is 4.37. The normalized spacial score (nSPS) is 12.2. The van der Waals surface area contributed by atoms with Crippen molar-refractivity contribution in [3.63, 3.8) is 0 Å². The molecule has 0 saturated carbocycles. The van der Waals surface area contributed by atoms with Crippen LogP contribution in [0.2, 0.25) is 5.02 Å². The lowest BCUT2D eigenvalue weighted by atomic mass is 10.1. The molecule has 0 bridgehead atoms. The molecule has 0 spiro atoms. The summed E-state index contributed by atoms with van der Waals surface area (Å²) in [6.45, 7) is 0.558. The zero-order valence-electron chi connectivity index (χ0n) is 14.4. The average Bonchev–Trinajstić information content (AvgIpc) is 3.34. The zero-order chi connectivity index (χ0) is 18.6. The second kappa shape index (κ2) is 7.65. The summed E-state index contributed by atoms with van der Waals surface area (Å²) in [5.41, 5.74) is 9.71. The lowest BCUT2D eigenvalue weighted by Crippen LogP contribution is -2.28. The van der Waals surface area contributed by atoms with Gasteiger partial charge in [-0.25, -0.2) is 0 Å². The first kappa shape index (κ1) is 17.3. The van der Waals surface area contributed by atoms with E-state index in [1.54, 1.807) is 15.4 Å². The molecule has 1 atom stereocenters. The molecule has 0 amide bonds. The van der Waals surface area contributed by atoms with Crippen molar-refractivity contribution < 1.29 is 0 Å². The summed E-state index contributed by atoms with van der Waals surface area (Å²) in [4.78, 5) is 0. The largest absolute Gasteiger partial charge is 0.326 e. The van der Waals surface area contributed by atoms with Crippen LogP contribution in [0.4, 0.5) is 0 Å². The Hall–Kier alpha value is -3.10. The molecule has 9 heteroatoms. The molecule has 0 aliphatic rings. The van der Waals surface area contributed by atoms with Crippen molar-refractivity contribution >= 4 is 11.6 Å².